The standard InChI is InChI=1S/C13H19NO2/c1-10-7-11(5-4-6-15)13(16)12(8-10)9-14(2)3/h6-8,16H,4-5,9H2,1-3H3. The van der Waals surface area contributed by atoms with E-state index in [9.17, 15) is 9.90 Å². The number of hydrogen-bond donors (Lipinski definition) is 1. The molecular formula is C13H19NO2. The summed E-state index contributed by atoms with van der Waals surface area (Å²) in [4.78, 5) is 12.4. The third kappa shape index (κ3) is 3.35. The van der Waals surface area contributed by atoms with Gasteiger partial charge >= 0.3 is 0 Å². The predicted octanol–water partition coefficient (Wildman–Crippen LogP) is 1.89. The maximum atomic E-state index is 10.3. The monoisotopic (exact) mass is 221 g/mol. The Balaban J connectivity index is 3.00. The zero-order chi connectivity index (χ0) is 12.1. The average Bonchev–Trinajstić information content (AvgIpc) is 2.20. The number of phenols is 1. The summed E-state index contributed by atoms with van der Waals surface area (Å²) in [7, 11) is 3.93. The van der Waals surface area contributed by atoms with Crippen LogP contribution in [0.25, 0.3) is 0 Å². The minimum absolute atomic E-state index is 0.334. The number of aromatic hydroxyl groups is 1. The summed E-state index contributed by atoms with van der Waals surface area (Å²) in [6.45, 7) is 2.71. The zero-order valence-corrected chi connectivity index (χ0v) is 10.2. The quantitative estimate of drug-likeness (QED) is 0.772. The molecule has 0 aromatic heterocycles. The Morgan fingerprint density at radius 3 is 2.50 bits per heavy atom. The molecule has 0 atom stereocenters. The molecule has 0 unspecified atom stereocenters. The van der Waals surface area contributed by atoms with Crippen molar-refractivity contribution in [1.29, 1.82) is 0 Å². The Labute approximate surface area is 96.7 Å². The van der Waals surface area contributed by atoms with E-state index in [1.165, 1.54) is 0 Å². The number of aldehydes is 1. The fraction of sp³-hybridized carbons (Fsp3) is 0.462. The van der Waals surface area contributed by atoms with Crippen LogP contribution in [0.1, 0.15) is 23.1 Å². The molecule has 1 N–H and O–H groups in total. The number of benzene rings is 1. The molecule has 0 saturated carbocycles. The molecule has 0 bridgehead atoms. The second-order valence-electron chi connectivity index (χ2n) is 4.37. The summed E-state index contributed by atoms with van der Waals surface area (Å²) in [5, 5.41) is 10.0. The van der Waals surface area contributed by atoms with E-state index in [4.69, 9.17) is 0 Å². The first-order valence-electron chi connectivity index (χ1n) is 5.44. The van der Waals surface area contributed by atoms with E-state index in [0.29, 0.717) is 25.1 Å². The smallest absolute Gasteiger partial charge is 0.123 e. The van der Waals surface area contributed by atoms with Crippen molar-refractivity contribution in [3.63, 3.8) is 0 Å². The minimum Gasteiger partial charge on any atom is -0.507 e. The van der Waals surface area contributed by atoms with Crippen molar-refractivity contribution in [2.45, 2.75) is 26.3 Å². The molecule has 16 heavy (non-hydrogen) atoms. The Morgan fingerprint density at radius 1 is 1.31 bits per heavy atom. The molecule has 88 valence electrons. The number of hydrogen-bond acceptors (Lipinski definition) is 3. The van der Waals surface area contributed by atoms with Crippen LogP contribution in [-0.2, 0) is 17.8 Å². The Bertz CT molecular complexity index is 372. The highest BCUT2D eigenvalue weighted by molar-refractivity contribution is 5.52. The SMILES string of the molecule is Cc1cc(CCC=O)c(O)c(CN(C)C)c1. The van der Waals surface area contributed by atoms with E-state index in [1.54, 1.807) is 0 Å². The molecule has 0 saturated heterocycles. The van der Waals surface area contributed by atoms with Gasteiger partial charge in [-0.2, -0.15) is 0 Å². The van der Waals surface area contributed by atoms with Crippen LogP contribution in [0.15, 0.2) is 12.1 Å². The van der Waals surface area contributed by atoms with Crippen LogP contribution in [0.2, 0.25) is 0 Å². The van der Waals surface area contributed by atoms with Crippen molar-refractivity contribution >= 4 is 6.29 Å². The van der Waals surface area contributed by atoms with E-state index >= 15 is 0 Å². The van der Waals surface area contributed by atoms with Crippen LogP contribution in [0.4, 0.5) is 0 Å². The van der Waals surface area contributed by atoms with Crippen molar-refractivity contribution < 1.29 is 9.90 Å². The molecule has 0 radical (unpaired) electrons. The molecule has 0 fully saturated rings. The first-order valence-corrected chi connectivity index (χ1v) is 5.44. The van der Waals surface area contributed by atoms with E-state index < -0.39 is 0 Å². The van der Waals surface area contributed by atoms with Crippen LogP contribution < -0.4 is 0 Å². The van der Waals surface area contributed by atoms with Gasteiger partial charge in [0.2, 0.25) is 0 Å². The zero-order valence-electron chi connectivity index (χ0n) is 10.2. The van der Waals surface area contributed by atoms with Crippen LogP contribution in [0.5, 0.6) is 5.75 Å². The van der Waals surface area contributed by atoms with Crippen LogP contribution in [0.3, 0.4) is 0 Å². The molecule has 1 aromatic carbocycles. The predicted molar refractivity (Wildman–Crippen MR) is 64.6 cm³/mol. The minimum atomic E-state index is 0.334. The van der Waals surface area contributed by atoms with Gasteiger partial charge < -0.3 is 14.8 Å². The summed E-state index contributed by atoms with van der Waals surface area (Å²) < 4.78 is 0. The van der Waals surface area contributed by atoms with Crippen molar-refractivity contribution in [3.8, 4) is 5.75 Å². The number of nitrogens with zero attached hydrogens (tertiary/aromatic N) is 1. The second kappa shape index (κ2) is 5.66. The Morgan fingerprint density at radius 2 is 1.94 bits per heavy atom. The van der Waals surface area contributed by atoms with Crippen molar-refractivity contribution in [1.82, 2.24) is 4.90 Å². The summed E-state index contributed by atoms with van der Waals surface area (Å²) in [5.41, 5.74) is 2.91. The van der Waals surface area contributed by atoms with Gasteiger partial charge in [0.1, 0.15) is 12.0 Å². The van der Waals surface area contributed by atoms with Gasteiger partial charge in [0.25, 0.3) is 0 Å². The topological polar surface area (TPSA) is 40.5 Å². The second-order valence-corrected chi connectivity index (χ2v) is 4.37. The van der Waals surface area contributed by atoms with Crippen molar-refractivity contribution in [3.05, 3.63) is 28.8 Å². The molecule has 0 heterocycles. The first-order chi connectivity index (χ1) is 7.54. The number of carbonyl (C=O) groups is 1. The number of phenolic OH excluding ortho intramolecular Hbond substituents is 1. The lowest BCUT2D eigenvalue weighted by molar-refractivity contribution is -0.107. The Hall–Kier alpha value is -1.35. The van der Waals surface area contributed by atoms with Gasteiger partial charge in [-0.3, -0.25) is 0 Å². The van der Waals surface area contributed by atoms with Crippen molar-refractivity contribution in [2.24, 2.45) is 0 Å². The molecule has 0 aliphatic carbocycles. The number of aryl methyl sites for hydroxylation is 2. The molecule has 3 heteroatoms. The number of carbonyl (C=O) groups excluding carboxylic acids is 1. The first kappa shape index (κ1) is 12.7. The fourth-order valence-corrected chi connectivity index (χ4v) is 1.80. The Kier molecular flexibility index (Phi) is 4.50. The fourth-order valence-electron chi connectivity index (χ4n) is 1.80. The summed E-state index contributed by atoms with van der Waals surface area (Å²) in [6, 6.07) is 3.93. The molecule has 1 rings (SSSR count). The van der Waals surface area contributed by atoms with Gasteiger partial charge in [-0.05, 0) is 33.0 Å². The van der Waals surface area contributed by atoms with Crippen LogP contribution in [0, 0.1) is 6.92 Å². The summed E-state index contributed by atoms with van der Waals surface area (Å²) in [5.74, 6) is 0.334. The molecular weight excluding hydrogens is 202 g/mol. The molecule has 0 aliphatic heterocycles. The highest BCUT2D eigenvalue weighted by Gasteiger charge is 2.09. The third-order valence-corrected chi connectivity index (χ3v) is 2.43. The van der Waals surface area contributed by atoms with Gasteiger partial charge in [0.05, 0.1) is 0 Å². The van der Waals surface area contributed by atoms with Gasteiger partial charge in [0, 0.05) is 18.5 Å². The van der Waals surface area contributed by atoms with E-state index in [2.05, 4.69) is 0 Å². The highest BCUT2D eigenvalue weighted by atomic mass is 16.3. The lowest BCUT2D eigenvalue weighted by atomic mass is 10.0. The largest absolute Gasteiger partial charge is 0.507 e. The highest BCUT2D eigenvalue weighted by Crippen LogP contribution is 2.26. The average molecular weight is 221 g/mol. The molecule has 0 amide bonds. The van der Waals surface area contributed by atoms with Crippen LogP contribution >= 0.6 is 0 Å². The van der Waals surface area contributed by atoms with Crippen LogP contribution in [-0.4, -0.2) is 30.4 Å². The van der Waals surface area contributed by atoms with Gasteiger partial charge in [-0.1, -0.05) is 17.7 Å². The van der Waals surface area contributed by atoms with E-state index in [0.717, 1.165) is 23.0 Å². The van der Waals surface area contributed by atoms with Gasteiger partial charge in [-0.15, -0.1) is 0 Å². The van der Waals surface area contributed by atoms with E-state index in [-0.39, 0.29) is 0 Å². The maximum absolute atomic E-state index is 10.3. The molecule has 0 aliphatic rings. The number of rotatable bonds is 5. The lowest BCUT2D eigenvalue weighted by Gasteiger charge is -2.14. The molecule has 1 aromatic rings. The maximum Gasteiger partial charge on any atom is 0.123 e. The normalized spacial score (nSPS) is 10.8. The summed E-state index contributed by atoms with van der Waals surface area (Å²) >= 11 is 0. The van der Waals surface area contributed by atoms with Gasteiger partial charge in [0.15, 0.2) is 0 Å². The molecule has 0 spiro atoms. The lowest BCUT2D eigenvalue weighted by Crippen LogP contribution is -2.11. The summed E-state index contributed by atoms with van der Waals surface area (Å²) in [6.07, 6.45) is 1.95. The van der Waals surface area contributed by atoms with Gasteiger partial charge in [-0.25, -0.2) is 0 Å². The van der Waals surface area contributed by atoms with Crippen molar-refractivity contribution in [2.75, 3.05) is 14.1 Å². The van der Waals surface area contributed by atoms with E-state index in [1.807, 2.05) is 38.1 Å². The molecule has 3 nitrogen and oxygen atoms in total. The third-order valence-electron chi connectivity index (χ3n) is 2.43.